The number of benzene rings is 1. The monoisotopic (exact) mass is 297 g/mol. The van der Waals surface area contributed by atoms with Gasteiger partial charge in [0.25, 0.3) is 0 Å². The van der Waals surface area contributed by atoms with Crippen LogP contribution >= 0.6 is 0 Å². The summed E-state index contributed by atoms with van der Waals surface area (Å²) in [6.45, 7) is 5.04. The highest BCUT2D eigenvalue weighted by molar-refractivity contribution is 7.90. The zero-order chi connectivity index (χ0) is 14.6. The molecule has 0 aliphatic carbocycles. The van der Waals surface area contributed by atoms with Gasteiger partial charge in [0.2, 0.25) is 10.0 Å². The van der Waals surface area contributed by atoms with Crippen LogP contribution < -0.4 is 4.72 Å². The molecule has 0 radical (unpaired) electrons. The van der Waals surface area contributed by atoms with Crippen LogP contribution in [0.1, 0.15) is 38.3 Å². The molecule has 1 aromatic rings. The molecule has 0 aromatic heterocycles. The van der Waals surface area contributed by atoms with E-state index in [0.717, 1.165) is 12.0 Å². The second kappa shape index (κ2) is 6.70. The van der Waals surface area contributed by atoms with Crippen LogP contribution in [0.15, 0.2) is 30.3 Å². The first kappa shape index (κ1) is 15.5. The molecule has 1 aromatic carbocycles. The van der Waals surface area contributed by atoms with Crippen molar-refractivity contribution in [3.63, 3.8) is 0 Å². The van der Waals surface area contributed by atoms with Crippen LogP contribution in [0.4, 0.5) is 0 Å². The molecule has 1 N–H and O–H groups in total. The van der Waals surface area contributed by atoms with Crippen molar-refractivity contribution < 1.29 is 13.2 Å². The number of hydrogen-bond donors (Lipinski definition) is 1. The van der Waals surface area contributed by atoms with E-state index in [0.29, 0.717) is 25.6 Å². The number of sulfonamides is 1. The van der Waals surface area contributed by atoms with Gasteiger partial charge in [-0.1, -0.05) is 44.2 Å². The van der Waals surface area contributed by atoms with Crippen molar-refractivity contribution in [3.05, 3.63) is 35.9 Å². The van der Waals surface area contributed by atoms with Gasteiger partial charge >= 0.3 is 0 Å². The maximum Gasteiger partial charge on any atom is 0.217 e. The lowest BCUT2D eigenvalue weighted by Gasteiger charge is -2.22. The fourth-order valence-corrected chi connectivity index (χ4v) is 3.96. The number of ether oxygens (including phenoxy) is 1. The van der Waals surface area contributed by atoms with E-state index in [2.05, 4.69) is 18.6 Å². The SMILES string of the molecule is CC(C)C[C@H](NS(=O)(=O)[C@H]1CCOC1)c1ccccc1. The predicted molar refractivity (Wildman–Crippen MR) is 79.9 cm³/mol. The minimum Gasteiger partial charge on any atom is -0.380 e. The Balaban J connectivity index is 2.15. The molecule has 20 heavy (non-hydrogen) atoms. The van der Waals surface area contributed by atoms with Gasteiger partial charge in [0.15, 0.2) is 0 Å². The summed E-state index contributed by atoms with van der Waals surface area (Å²) in [6.07, 6.45) is 1.37. The molecule has 0 unspecified atom stereocenters. The zero-order valence-electron chi connectivity index (χ0n) is 12.1. The molecule has 4 nitrogen and oxygen atoms in total. The Labute approximate surface area is 121 Å². The summed E-state index contributed by atoms with van der Waals surface area (Å²) >= 11 is 0. The molecule has 0 amide bonds. The normalized spacial score (nSPS) is 21.2. The van der Waals surface area contributed by atoms with Crippen molar-refractivity contribution in [3.8, 4) is 0 Å². The van der Waals surface area contributed by atoms with Crippen LogP contribution in [0, 0.1) is 5.92 Å². The van der Waals surface area contributed by atoms with E-state index in [9.17, 15) is 8.42 Å². The van der Waals surface area contributed by atoms with Gasteiger partial charge in [-0.15, -0.1) is 0 Å². The van der Waals surface area contributed by atoms with Crippen molar-refractivity contribution in [1.29, 1.82) is 0 Å². The second-order valence-electron chi connectivity index (χ2n) is 5.74. The van der Waals surface area contributed by atoms with Gasteiger partial charge in [-0.3, -0.25) is 0 Å². The van der Waals surface area contributed by atoms with E-state index in [1.807, 2.05) is 30.3 Å². The van der Waals surface area contributed by atoms with E-state index in [1.165, 1.54) is 0 Å². The highest BCUT2D eigenvalue weighted by atomic mass is 32.2. The molecular formula is C15H23NO3S. The third-order valence-electron chi connectivity index (χ3n) is 3.54. The van der Waals surface area contributed by atoms with Crippen LogP contribution in [0.25, 0.3) is 0 Å². The molecule has 2 rings (SSSR count). The summed E-state index contributed by atoms with van der Waals surface area (Å²) in [7, 11) is -3.33. The molecule has 1 saturated heterocycles. The predicted octanol–water partition coefficient (Wildman–Crippen LogP) is 2.48. The zero-order valence-corrected chi connectivity index (χ0v) is 12.9. The molecule has 1 aliphatic rings. The fourth-order valence-electron chi connectivity index (χ4n) is 2.46. The number of rotatable bonds is 6. The van der Waals surface area contributed by atoms with E-state index < -0.39 is 15.3 Å². The Hall–Kier alpha value is -0.910. The summed E-state index contributed by atoms with van der Waals surface area (Å²) < 4.78 is 32.9. The Morgan fingerprint density at radius 3 is 2.55 bits per heavy atom. The lowest BCUT2D eigenvalue weighted by atomic mass is 9.98. The quantitative estimate of drug-likeness (QED) is 0.877. The van der Waals surface area contributed by atoms with Gasteiger partial charge in [-0.05, 0) is 24.3 Å². The summed E-state index contributed by atoms with van der Waals surface area (Å²) in [4.78, 5) is 0. The smallest absolute Gasteiger partial charge is 0.217 e. The minimum atomic E-state index is -3.33. The third-order valence-corrected chi connectivity index (χ3v) is 5.40. The van der Waals surface area contributed by atoms with Crippen molar-refractivity contribution >= 4 is 10.0 Å². The Morgan fingerprint density at radius 2 is 2.00 bits per heavy atom. The first-order chi connectivity index (χ1) is 9.49. The summed E-state index contributed by atoms with van der Waals surface area (Å²) in [5.41, 5.74) is 1.02. The van der Waals surface area contributed by atoms with Gasteiger partial charge in [0, 0.05) is 12.6 Å². The molecule has 2 atom stereocenters. The summed E-state index contributed by atoms with van der Waals surface area (Å²) in [6, 6.07) is 9.60. The average molecular weight is 297 g/mol. The lowest BCUT2D eigenvalue weighted by Crippen LogP contribution is -2.37. The van der Waals surface area contributed by atoms with Crippen LogP contribution in [-0.2, 0) is 14.8 Å². The van der Waals surface area contributed by atoms with Crippen molar-refractivity contribution in [2.75, 3.05) is 13.2 Å². The van der Waals surface area contributed by atoms with E-state index >= 15 is 0 Å². The Morgan fingerprint density at radius 1 is 1.30 bits per heavy atom. The molecule has 0 saturated carbocycles. The first-order valence-corrected chi connectivity index (χ1v) is 8.67. The third kappa shape index (κ3) is 4.04. The van der Waals surface area contributed by atoms with Gasteiger partial charge in [0.05, 0.1) is 6.61 Å². The van der Waals surface area contributed by atoms with Crippen molar-refractivity contribution in [2.24, 2.45) is 5.92 Å². The molecule has 0 bridgehead atoms. The number of hydrogen-bond acceptors (Lipinski definition) is 3. The average Bonchev–Trinajstić information content (AvgIpc) is 2.93. The molecule has 1 heterocycles. The van der Waals surface area contributed by atoms with Crippen LogP contribution in [0.2, 0.25) is 0 Å². The van der Waals surface area contributed by atoms with Crippen molar-refractivity contribution in [2.45, 2.75) is 38.0 Å². The lowest BCUT2D eigenvalue weighted by molar-refractivity contribution is 0.198. The maximum atomic E-state index is 12.4. The standard InChI is InChI=1S/C15H23NO3S/c1-12(2)10-15(13-6-4-3-5-7-13)16-20(17,18)14-8-9-19-11-14/h3-7,12,14-16H,8-11H2,1-2H3/t14-,15-/m0/s1. The summed E-state index contributed by atoms with van der Waals surface area (Å²) in [5, 5.41) is -0.416. The summed E-state index contributed by atoms with van der Waals surface area (Å²) in [5.74, 6) is 0.419. The van der Waals surface area contributed by atoms with Crippen LogP contribution in [0.3, 0.4) is 0 Å². The molecule has 0 spiro atoms. The number of nitrogens with one attached hydrogen (secondary N) is 1. The van der Waals surface area contributed by atoms with E-state index in [4.69, 9.17) is 4.74 Å². The van der Waals surface area contributed by atoms with Gasteiger partial charge < -0.3 is 4.74 Å². The Bertz CT molecular complexity index is 507. The molecule has 112 valence electrons. The Kier molecular flexibility index (Phi) is 5.18. The molecular weight excluding hydrogens is 274 g/mol. The molecule has 1 fully saturated rings. The minimum absolute atomic E-state index is 0.165. The van der Waals surface area contributed by atoms with Crippen molar-refractivity contribution in [1.82, 2.24) is 4.72 Å². The largest absolute Gasteiger partial charge is 0.380 e. The topological polar surface area (TPSA) is 55.4 Å². The maximum absolute atomic E-state index is 12.4. The highest BCUT2D eigenvalue weighted by Crippen LogP contribution is 2.24. The van der Waals surface area contributed by atoms with E-state index in [1.54, 1.807) is 0 Å². The van der Waals surface area contributed by atoms with Gasteiger partial charge in [-0.2, -0.15) is 0 Å². The van der Waals surface area contributed by atoms with Crippen LogP contribution in [0.5, 0.6) is 0 Å². The fraction of sp³-hybridized carbons (Fsp3) is 0.600. The highest BCUT2D eigenvalue weighted by Gasteiger charge is 2.31. The second-order valence-corrected chi connectivity index (χ2v) is 7.73. The van der Waals surface area contributed by atoms with Gasteiger partial charge in [-0.25, -0.2) is 13.1 Å². The van der Waals surface area contributed by atoms with E-state index in [-0.39, 0.29) is 6.04 Å². The first-order valence-electron chi connectivity index (χ1n) is 7.13. The van der Waals surface area contributed by atoms with Crippen LogP contribution in [-0.4, -0.2) is 26.9 Å². The molecule has 1 aliphatic heterocycles. The van der Waals surface area contributed by atoms with Gasteiger partial charge in [0.1, 0.15) is 5.25 Å². The molecule has 5 heteroatoms.